The lowest BCUT2D eigenvalue weighted by molar-refractivity contribution is 0.145. The number of benzene rings is 1. The molecule has 0 saturated carbocycles. The van der Waals surface area contributed by atoms with Crippen molar-refractivity contribution in [2.24, 2.45) is 0 Å². The van der Waals surface area contributed by atoms with Crippen LogP contribution in [0, 0.1) is 0 Å². The van der Waals surface area contributed by atoms with Gasteiger partial charge in [-0.05, 0) is 38.4 Å². The van der Waals surface area contributed by atoms with Gasteiger partial charge in [0.1, 0.15) is 0 Å². The monoisotopic (exact) mass is 278 g/mol. The van der Waals surface area contributed by atoms with Crippen molar-refractivity contribution in [2.75, 3.05) is 44.3 Å². The number of hydrogen-bond acceptors (Lipinski definition) is 3. The molecule has 0 aliphatic rings. The Hall–Kier alpha value is -1.06. The van der Waals surface area contributed by atoms with Gasteiger partial charge < -0.3 is 15.0 Å². The zero-order chi connectivity index (χ0) is 14.5. The number of hydrogen-bond donors (Lipinski definition) is 1. The Morgan fingerprint density at radius 2 is 1.80 bits per heavy atom. The van der Waals surface area contributed by atoms with Crippen LogP contribution in [0.5, 0.6) is 0 Å². The Kier molecular flexibility index (Phi) is 9.98. The maximum absolute atomic E-state index is 5.33. The Bertz CT molecular complexity index is 316. The lowest BCUT2D eigenvalue weighted by Gasteiger charge is -2.25. The van der Waals surface area contributed by atoms with Crippen molar-refractivity contribution in [1.29, 1.82) is 0 Å². The van der Waals surface area contributed by atoms with Crippen molar-refractivity contribution in [3.05, 3.63) is 30.3 Å². The highest BCUT2D eigenvalue weighted by molar-refractivity contribution is 5.45. The first kappa shape index (κ1) is 17.0. The fourth-order valence-electron chi connectivity index (χ4n) is 2.14. The number of nitrogens with zero attached hydrogens (tertiary/aromatic N) is 1. The molecule has 1 rings (SSSR count). The first-order valence-electron chi connectivity index (χ1n) is 7.97. The van der Waals surface area contributed by atoms with E-state index in [-0.39, 0.29) is 0 Å². The average molecular weight is 278 g/mol. The molecule has 0 spiro atoms. The summed E-state index contributed by atoms with van der Waals surface area (Å²) in [6.07, 6.45) is 3.58. The summed E-state index contributed by atoms with van der Waals surface area (Å²) in [5.41, 5.74) is 1.33. The molecule has 20 heavy (non-hydrogen) atoms. The number of nitrogens with one attached hydrogen (secondary N) is 1. The van der Waals surface area contributed by atoms with Crippen LogP contribution >= 0.6 is 0 Å². The minimum Gasteiger partial charge on any atom is -0.382 e. The van der Waals surface area contributed by atoms with E-state index in [0.29, 0.717) is 0 Å². The Morgan fingerprint density at radius 3 is 2.50 bits per heavy atom. The van der Waals surface area contributed by atoms with Crippen LogP contribution in [-0.4, -0.2) is 39.4 Å². The average Bonchev–Trinajstić information content (AvgIpc) is 2.50. The fourth-order valence-corrected chi connectivity index (χ4v) is 2.14. The van der Waals surface area contributed by atoms with Gasteiger partial charge >= 0.3 is 0 Å². The smallest absolute Gasteiger partial charge is 0.0477 e. The van der Waals surface area contributed by atoms with Crippen molar-refractivity contribution < 1.29 is 4.74 Å². The topological polar surface area (TPSA) is 24.5 Å². The Morgan fingerprint density at radius 1 is 1.00 bits per heavy atom. The zero-order valence-corrected chi connectivity index (χ0v) is 13.1. The van der Waals surface area contributed by atoms with Gasteiger partial charge in [-0.3, -0.25) is 0 Å². The molecule has 0 atom stereocenters. The second-order valence-corrected chi connectivity index (χ2v) is 4.98. The fraction of sp³-hybridized carbons (Fsp3) is 0.647. The molecule has 0 aromatic heterocycles. The van der Waals surface area contributed by atoms with E-state index in [1.807, 2.05) is 6.92 Å². The predicted molar refractivity (Wildman–Crippen MR) is 87.5 cm³/mol. The van der Waals surface area contributed by atoms with Crippen LogP contribution in [0.2, 0.25) is 0 Å². The highest BCUT2D eigenvalue weighted by Crippen LogP contribution is 2.13. The van der Waals surface area contributed by atoms with Gasteiger partial charge in [-0.2, -0.15) is 0 Å². The normalized spacial score (nSPS) is 10.7. The number of rotatable bonds is 12. The third-order valence-electron chi connectivity index (χ3n) is 3.31. The molecule has 1 aromatic rings. The number of anilines is 1. The summed E-state index contributed by atoms with van der Waals surface area (Å²) >= 11 is 0. The minimum atomic E-state index is 0.818. The highest BCUT2D eigenvalue weighted by Gasteiger charge is 2.04. The highest BCUT2D eigenvalue weighted by atomic mass is 16.5. The maximum atomic E-state index is 5.33. The number of ether oxygens (including phenoxy) is 1. The van der Waals surface area contributed by atoms with Crippen molar-refractivity contribution in [1.82, 2.24) is 5.32 Å². The van der Waals surface area contributed by atoms with Crippen LogP contribution in [0.3, 0.4) is 0 Å². The third kappa shape index (κ3) is 7.51. The number of unbranched alkanes of at least 4 members (excludes halogenated alkanes) is 1. The van der Waals surface area contributed by atoms with Crippen LogP contribution in [0.15, 0.2) is 30.3 Å². The molecule has 3 heteroatoms. The molecule has 0 unspecified atom stereocenters. The molecule has 0 radical (unpaired) electrons. The summed E-state index contributed by atoms with van der Waals surface area (Å²) in [6.45, 7) is 10.2. The lowest BCUT2D eigenvalue weighted by atomic mass is 10.2. The van der Waals surface area contributed by atoms with Crippen LogP contribution in [0.4, 0.5) is 5.69 Å². The molecule has 0 fully saturated rings. The Labute approximate surface area is 124 Å². The molecule has 0 saturated heterocycles. The summed E-state index contributed by atoms with van der Waals surface area (Å²) < 4.78 is 5.33. The van der Waals surface area contributed by atoms with Crippen molar-refractivity contribution in [3.63, 3.8) is 0 Å². The molecule has 1 aromatic carbocycles. The molecule has 114 valence electrons. The summed E-state index contributed by atoms with van der Waals surface area (Å²) in [5, 5.41) is 3.50. The van der Waals surface area contributed by atoms with E-state index in [1.165, 1.54) is 18.5 Å². The van der Waals surface area contributed by atoms with Crippen LogP contribution in [0.25, 0.3) is 0 Å². The van der Waals surface area contributed by atoms with E-state index < -0.39 is 0 Å². The van der Waals surface area contributed by atoms with Crippen molar-refractivity contribution in [3.8, 4) is 0 Å². The van der Waals surface area contributed by atoms with Crippen LogP contribution < -0.4 is 10.2 Å². The van der Waals surface area contributed by atoms with E-state index >= 15 is 0 Å². The van der Waals surface area contributed by atoms with E-state index in [0.717, 1.165) is 45.8 Å². The van der Waals surface area contributed by atoms with Gasteiger partial charge in [-0.15, -0.1) is 0 Å². The quantitative estimate of drug-likeness (QED) is 0.594. The van der Waals surface area contributed by atoms with Gasteiger partial charge in [-0.25, -0.2) is 0 Å². The summed E-state index contributed by atoms with van der Waals surface area (Å²) in [6, 6.07) is 10.7. The van der Waals surface area contributed by atoms with Gasteiger partial charge in [0.2, 0.25) is 0 Å². The standard InChI is InChI=1S/C17H30N2O/c1-3-5-14-19(17-10-7-6-8-11-17)15-13-18-12-9-16-20-4-2/h6-8,10-11,18H,3-5,9,12-16H2,1-2H3. The van der Waals surface area contributed by atoms with Crippen LogP contribution in [-0.2, 0) is 4.74 Å². The molecular weight excluding hydrogens is 248 g/mol. The first-order chi connectivity index (χ1) is 9.88. The van der Waals surface area contributed by atoms with Crippen molar-refractivity contribution >= 4 is 5.69 Å². The van der Waals surface area contributed by atoms with E-state index in [4.69, 9.17) is 4.74 Å². The first-order valence-corrected chi connectivity index (χ1v) is 7.97. The molecule has 1 N–H and O–H groups in total. The summed E-state index contributed by atoms with van der Waals surface area (Å²) in [7, 11) is 0. The minimum absolute atomic E-state index is 0.818. The number of para-hydroxylation sites is 1. The van der Waals surface area contributed by atoms with Crippen molar-refractivity contribution in [2.45, 2.75) is 33.1 Å². The lowest BCUT2D eigenvalue weighted by Crippen LogP contribution is -2.33. The van der Waals surface area contributed by atoms with Gasteiger partial charge in [0.05, 0.1) is 0 Å². The second kappa shape index (κ2) is 11.7. The van der Waals surface area contributed by atoms with Gasteiger partial charge in [0.15, 0.2) is 0 Å². The van der Waals surface area contributed by atoms with E-state index in [1.54, 1.807) is 0 Å². The SMILES string of the molecule is CCCCN(CCNCCCOCC)c1ccccc1. The van der Waals surface area contributed by atoms with E-state index in [2.05, 4.69) is 47.5 Å². The zero-order valence-electron chi connectivity index (χ0n) is 13.1. The Balaban J connectivity index is 2.24. The van der Waals surface area contributed by atoms with Gasteiger partial charge in [0.25, 0.3) is 0 Å². The maximum Gasteiger partial charge on any atom is 0.0477 e. The molecule has 0 bridgehead atoms. The molecule has 0 aliphatic heterocycles. The second-order valence-electron chi connectivity index (χ2n) is 4.98. The molecule has 0 amide bonds. The third-order valence-corrected chi connectivity index (χ3v) is 3.31. The molecule has 0 heterocycles. The van der Waals surface area contributed by atoms with Crippen LogP contribution in [0.1, 0.15) is 33.1 Å². The van der Waals surface area contributed by atoms with E-state index in [9.17, 15) is 0 Å². The molecular formula is C17H30N2O. The summed E-state index contributed by atoms with van der Waals surface area (Å²) in [4.78, 5) is 2.47. The molecule has 0 aliphatic carbocycles. The predicted octanol–water partition coefficient (Wildman–Crippen LogP) is 3.31. The summed E-state index contributed by atoms with van der Waals surface area (Å²) in [5.74, 6) is 0. The van der Waals surface area contributed by atoms with Gasteiger partial charge in [0, 0.05) is 38.5 Å². The molecule has 3 nitrogen and oxygen atoms in total. The van der Waals surface area contributed by atoms with Gasteiger partial charge in [-0.1, -0.05) is 31.5 Å². The largest absolute Gasteiger partial charge is 0.382 e.